The van der Waals surface area contributed by atoms with Crippen LogP contribution in [0.5, 0.6) is 17.2 Å². The number of rotatable bonds is 7. The highest BCUT2D eigenvalue weighted by atomic mass is 32.2. The zero-order valence-electron chi connectivity index (χ0n) is 27.8. The van der Waals surface area contributed by atoms with E-state index in [9.17, 15) is 41.7 Å². The molecule has 0 bridgehead atoms. The van der Waals surface area contributed by atoms with Crippen LogP contribution in [0.2, 0.25) is 0 Å². The molecule has 21 heteroatoms. The van der Waals surface area contributed by atoms with Gasteiger partial charge in [-0.05, 0) is 54.3 Å². The fourth-order valence-corrected chi connectivity index (χ4v) is 7.34. The van der Waals surface area contributed by atoms with Crippen molar-refractivity contribution >= 4 is 54.2 Å². The third-order valence-corrected chi connectivity index (χ3v) is 10.4. The van der Waals surface area contributed by atoms with Gasteiger partial charge in [0.25, 0.3) is 21.1 Å². The molecule has 1 aliphatic heterocycles. The van der Waals surface area contributed by atoms with Crippen molar-refractivity contribution in [3.8, 4) is 38.4 Å². The maximum atomic E-state index is 12.8. The van der Waals surface area contributed by atoms with Crippen molar-refractivity contribution in [2.24, 2.45) is 15.5 Å². The molecule has 0 atom stereocenters. The summed E-state index contributed by atoms with van der Waals surface area (Å²) in [5.74, 6) is -0.269. The molecule has 1 fully saturated rings. The van der Waals surface area contributed by atoms with E-state index in [4.69, 9.17) is 0 Å². The van der Waals surface area contributed by atoms with Crippen LogP contribution in [0.15, 0.2) is 78.2 Å². The van der Waals surface area contributed by atoms with Gasteiger partial charge in [0.15, 0.2) is 11.6 Å². The zero-order chi connectivity index (χ0) is 37.1. The summed E-state index contributed by atoms with van der Waals surface area (Å²) in [5, 5.41) is 49.4. The second-order valence-electron chi connectivity index (χ2n) is 11.4. The van der Waals surface area contributed by atoms with E-state index in [-0.39, 0.29) is 57.4 Å². The second-order valence-corrected chi connectivity index (χ2v) is 16.5. The van der Waals surface area contributed by atoms with E-state index in [1.165, 1.54) is 58.4 Å². The van der Waals surface area contributed by atoms with Crippen LogP contribution in [-0.4, -0.2) is 63.8 Å². The van der Waals surface area contributed by atoms with E-state index in [1.807, 2.05) is 17.5 Å². The minimum atomic E-state index is -4.19. The first kappa shape index (κ1) is 39.8. The molecule has 9 N–H and O–H groups in total. The fourth-order valence-electron chi connectivity index (χ4n) is 4.77. The smallest absolute Gasteiger partial charge is 0.286 e. The van der Waals surface area contributed by atoms with Gasteiger partial charge in [-0.3, -0.25) is 9.59 Å². The summed E-state index contributed by atoms with van der Waals surface area (Å²) in [6.07, 6.45) is 4.48. The fraction of sp³-hybridized carbons (Fsp3) is 0.258. The van der Waals surface area contributed by atoms with Crippen LogP contribution in [0.1, 0.15) is 31.7 Å². The molecule has 1 aromatic carbocycles. The number of aromatic nitrogens is 4. The Hall–Kier alpha value is -4.93. The maximum absolute atomic E-state index is 12.8. The Balaban J connectivity index is 0.000000216. The van der Waals surface area contributed by atoms with E-state index >= 15 is 0 Å². The average molecular weight is 793 g/mol. The molecule has 5 heterocycles. The van der Waals surface area contributed by atoms with Crippen molar-refractivity contribution in [3.05, 3.63) is 85.6 Å². The molecule has 0 spiro atoms. The minimum absolute atomic E-state index is 0. The monoisotopic (exact) mass is 792 g/mol. The highest BCUT2D eigenvalue weighted by molar-refractivity contribution is 7.90. The number of thiophene rings is 2. The predicted octanol–water partition coefficient (Wildman–Crippen LogP) is 3.51. The Morgan fingerprint density at radius 2 is 1.56 bits per heavy atom. The van der Waals surface area contributed by atoms with Gasteiger partial charge in [-0.1, -0.05) is 25.0 Å². The van der Waals surface area contributed by atoms with Crippen LogP contribution in [0.3, 0.4) is 0 Å². The topological polar surface area (TPSA) is 284 Å². The number of aromatic hydroxyl groups is 3. The molecule has 7 rings (SSSR count). The summed E-state index contributed by atoms with van der Waals surface area (Å²) in [6.45, 7) is 2.56. The standard InChI is InChI=1S/C17H14N4O5S2.C13H14N2O2S.CH5NO2S.H3N/c1-2-21-17(24)13(15(23)14(19-21)11-4-3-7-27-11)16-18-10-6-5-9(22)8-12(10)28(25,26)20-16;16-10-8-12(17)15(6-5-9-3-4-9)14-13(10)11-2-1-7-18-11;1-5(2,3)4;/h3-8,22-23H,2H2,1H3,(H,18,20);1-2,7-9,16H,3-6H2;1H3,(H2,2,3,4);1H3. The lowest BCUT2D eigenvalue weighted by Gasteiger charge is -2.19. The first-order chi connectivity index (χ1) is 24.1. The first-order valence-corrected chi connectivity index (χ1v) is 20.4. The number of phenolic OH excluding ortho intramolecular Hbond substituents is 1. The summed E-state index contributed by atoms with van der Waals surface area (Å²) >= 11 is 2.82. The lowest BCUT2D eigenvalue weighted by atomic mass is 10.1. The van der Waals surface area contributed by atoms with Gasteiger partial charge in [-0.15, -0.1) is 27.1 Å². The number of nitrogens with two attached hydrogens (primary N) is 1. The van der Waals surface area contributed by atoms with Crippen LogP contribution in [0, 0.1) is 5.92 Å². The summed E-state index contributed by atoms with van der Waals surface area (Å²) < 4.78 is 50.2. The van der Waals surface area contributed by atoms with Gasteiger partial charge in [0, 0.05) is 25.2 Å². The quantitative estimate of drug-likeness (QED) is 0.129. The van der Waals surface area contributed by atoms with Crippen molar-refractivity contribution in [1.29, 1.82) is 0 Å². The number of nitrogens with one attached hydrogen (secondary N) is 1. The molecular formula is C31H36N8O9S4. The van der Waals surface area contributed by atoms with Gasteiger partial charge in [0.05, 0.1) is 21.7 Å². The molecule has 17 nitrogen and oxygen atoms in total. The Bertz CT molecular complexity index is 2410. The van der Waals surface area contributed by atoms with E-state index in [0.717, 1.165) is 34.2 Å². The summed E-state index contributed by atoms with van der Waals surface area (Å²) in [4.78, 5) is 25.8. The Morgan fingerprint density at radius 3 is 2.12 bits per heavy atom. The molecule has 278 valence electrons. The highest BCUT2D eigenvalue weighted by Crippen LogP contribution is 2.36. The number of phenols is 1. The largest absolute Gasteiger partial charge is 0.508 e. The molecule has 0 unspecified atom stereocenters. The Labute approximate surface area is 306 Å². The highest BCUT2D eigenvalue weighted by Gasteiger charge is 2.31. The molecular weight excluding hydrogens is 757 g/mol. The summed E-state index contributed by atoms with van der Waals surface area (Å²) in [5.41, 5.74) is -0.399. The van der Waals surface area contributed by atoms with E-state index in [1.54, 1.807) is 24.4 Å². The number of benzene rings is 1. The van der Waals surface area contributed by atoms with Crippen molar-refractivity contribution in [2.45, 2.75) is 44.2 Å². The van der Waals surface area contributed by atoms with Crippen molar-refractivity contribution in [1.82, 2.24) is 25.7 Å². The number of amidine groups is 1. The van der Waals surface area contributed by atoms with E-state index in [0.29, 0.717) is 17.1 Å². The minimum Gasteiger partial charge on any atom is -0.508 e. The first-order valence-electron chi connectivity index (χ1n) is 15.2. The summed E-state index contributed by atoms with van der Waals surface area (Å²) in [7, 11) is -7.36. The van der Waals surface area contributed by atoms with E-state index < -0.39 is 31.4 Å². The van der Waals surface area contributed by atoms with Crippen molar-refractivity contribution in [2.75, 3.05) is 11.6 Å². The molecule has 5 aromatic rings. The maximum Gasteiger partial charge on any atom is 0.286 e. The number of aryl methyl sites for hydroxylation is 2. The SMILES string of the molecule is CCn1nc(-c2cccs2)c(O)c(C2=NS(=O)(=O)c3cc(O)ccc3N2)c1=O.CS(N)(=O)=O.N.O=c1cc(O)c(-c2cccs2)nn1CCC1CC1. The molecule has 1 saturated carbocycles. The predicted molar refractivity (Wildman–Crippen MR) is 199 cm³/mol. The molecule has 2 aliphatic rings. The zero-order valence-corrected chi connectivity index (χ0v) is 31.1. The van der Waals surface area contributed by atoms with Gasteiger partial charge in [0.1, 0.15) is 33.3 Å². The number of primary sulfonamides is 1. The normalized spacial score (nSPS) is 14.2. The third kappa shape index (κ3) is 9.68. The number of anilines is 1. The third-order valence-electron chi connectivity index (χ3n) is 7.31. The van der Waals surface area contributed by atoms with Crippen LogP contribution in [-0.2, 0) is 33.1 Å². The Kier molecular flexibility index (Phi) is 12.4. The van der Waals surface area contributed by atoms with Gasteiger partial charge in [-0.2, -0.15) is 18.6 Å². The van der Waals surface area contributed by atoms with Crippen molar-refractivity contribution < 1.29 is 32.2 Å². The van der Waals surface area contributed by atoms with Crippen LogP contribution >= 0.6 is 22.7 Å². The van der Waals surface area contributed by atoms with Gasteiger partial charge < -0.3 is 26.8 Å². The molecule has 0 saturated heterocycles. The Morgan fingerprint density at radius 1 is 0.962 bits per heavy atom. The molecule has 52 heavy (non-hydrogen) atoms. The number of hydrogen-bond acceptors (Lipinski definition) is 15. The number of hydrogen-bond donors (Lipinski definition) is 6. The molecule has 1 aliphatic carbocycles. The van der Waals surface area contributed by atoms with Crippen LogP contribution in [0.4, 0.5) is 5.69 Å². The number of sulfonamides is 2. The van der Waals surface area contributed by atoms with Gasteiger partial charge >= 0.3 is 0 Å². The van der Waals surface area contributed by atoms with Gasteiger partial charge in [0.2, 0.25) is 10.0 Å². The van der Waals surface area contributed by atoms with Crippen LogP contribution in [0.25, 0.3) is 21.1 Å². The lowest BCUT2D eigenvalue weighted by Crippen LogP contribution is -2.33. The molecule has 4 aromatic heterocycles. The lowest BCUT2D eigenvalue weighted by molar-refractivity contribution is 0.457. The summed E-state index contributed by atoms with van der Waals surface area (Å²) in [6, 6.07) is 12.3. The average Bonchev–Trinajstić information content (AvgIpc) is 3.44. The molecule has 0 amide bonds. The van der Waals surface area contributed by atoms with E-state index in [2.05, 4.69) is 25.1 Å². The van der Waals surface area contributed by atoms with Gasteiger partial charge in [-0.25, -0.2) is 22.9 Å². The second kappa shape index (κ2) is 16.2. The van der Waals surface area contributed by atoms with Crippen molar-refractivity contribution in [3.63, 3.8) is 0 Å². The van der Waals surface area contributed by atoms with Crippen LogP contribution < -0.4 is 27.7 Å². The number of fused-ring (bicyclic) bond motifs is 1. The molecule has 0 radical (unpaired) electrons. The number of nitrogens with zero attached hydrogens (tertiary/aromatic N) is 5.